The first kappa shape index (κ1) is 19.6. The number of halogens is 1. The first-order valence-corrected chi connectivity index (χ1v) is 10.5. The first-order valence-electron chi connectivity index (χ1n) is 10.1. The minimum absolute atomic E-state index is 0.126. The number of carbonyl (C=O) groups is 1. The van der Waals surface area contributed by atoms with E-state index in [4.69, 9.17) is 16.7 Å². The van der Waals surface area contributed by atoms with Crippen LogP contribution in [0, 0.1) is 0 Å². The summed E-state index contributed by atoms with van der Waals surface area (Å²) in [5.41, 5.74) is 4.02. The molecule has 5 rings (SSSR count). The van der Waals surface area contributed by atoms with Crippen LogP contribution in [0.3, 0.4) is 0 Å². The van der Waals surface area contributed by atoms with E-state index in [1.165, 1.54) is 4.80 Å². The molecule has 9 nitrogen and oxygen atoms in total. The van der Waals surface area contributed by atoms with Crippen molar-refractivity contribution in [2.45, 2.75) is 44.9 Å². The van der Waals surface area contributed by atoms with Crippen molar-refractivity contribution in [3.8, 4) is 5.82 Å². The van der Waals surface area contributed by atoms with E-state index >= 15 is 0 Å². The third-order valence-corrected chi connectivity index (χ3v) is 5.95. The number of rotatable bonds is 4. The number of aromatic nitrogens is 7. The molecule has 0 radical (unpaired) electrons. The van der Waals surface area contributed by atoms with Crippen molar-refractivity contribution in [2.24, 2.45) is 0 Å². The monoisotopic (exact) mass is 436 g/mol. The smallest absolute Gasteiger partial charge is 0.232 e. The van der Waals surface area contributed by atoms with Gasteiger partial charge in [0.15, 0.2) is 11.5 Å². The molecule has 0 aliphatic heterocycles. The van der Waals surface area contributed by atoms with Crippen LogP contribution in [0.1, 0.15) is 50.1 Å². The highest BCUT2D eigenvalue weighted by molar-refractivity contribution is 6.32. The Morgan fingerprint density at radius 2 is 2.00 bits per heavy atom. The molecular formula is C21H21ClN8O. The molecule has 4 aromatic heterocycles. The second kappa shape index (κ2) is 7.12. The van der Waals surface area contributed by atoms with Gasteiger partial charge in [-0.3, -0.25) is 4.79 Å². The Hall–Kier alpha value is -3.33. The maximum atomic E-state index is 13.2. The van der Waals surface area contributed by atoms with Gasteiger partial charge in [-0.25, -0.2) is 14.5 Å². The highest BCUT2D eigenvalue weighted by atomic mass is 35.5. The van der Waals surface area contributed by atoms with Crippen LogP contribution in [0.15, 0.2) is 36.9 Å². The third-order valence-electron chi connectivity index (χ3n) is 5.67. The van der Waals surface area contributed by atoms with Crippen LogP contribution in [0.4, 0.5) is 5.69 Å². The number of amides is 1. The van der Waals surface area contributed by atoms with E-state index < -0.39 is 0 Å². The zero-order valence-electron chi connectivity index (χ0n) is 17.4. The van der Waals surface area contributed by atoms with E-state index in [0.29, 0.717) is 22.9 Å². The Balaban J connectivity index is 1.45. The zero-order valence-corrected chi connectivity index (χ0v) is 18.1. The summed E-state index contributed by atoms with van der Waals surface area (Å²) >= 11 is 6.34. The van der Waals surface area contributed by atoms with Gasteiger partial charge in [0.2, 0.25) is 5.91 Å². The van der Waals surface area contributed by atoms with E-state index in [0.717, 1.165) is 29.0 Å². The summed E-state index contributed by atoms with van der Waals surface area (Å²) in [5.74, 6) is -0.0740. The van der Waals surface area contributed by atoms with Gasteiger partial charge >= 0.3 is 0 Å². The van der Waals surface area contributed by atoms with Gasteiger partial charge in [-0.15, -0.1) is 4.80 Å². The van der Waals surface area contributed by atoms with Gasteiger partial charge in [0, 0.05) is 23.2 Å². The summed E-state index contributed by atoms with van der Waals surface area (Å²) in [6.07, 6.45) is 7.93. The maximum Gasteiger partial charge on any atom is 0.232 e. The number of carbonyl (C=O) groups excluding carboxylic acids is 1. The van der Waals surface area contributed by atoms with Gasteiger partial charge in [0.25, 0.3) is 0 Å². The lowest BCUT2D eigenvalue weighted by molar-refractivity contribution is -0.117. The number of nitrogens with zero attached hydrogens (tertiary/aromatic N) is 7. The van der Waals surface area contributed by atoms with Crippen molar-refractivity contribution in [3.63, 3.8) is 0 Å². The lowest BCUT2D eigenvalue weighted by Crippen LogP contribution is -2.21. The first-order chi connectivity index (χ1) is 14.9. The summed E-state index contributed by atoms with van der Waals surface area (Å²) in [6.45, 7) is 6.34. The molecule has 0 saturated heterocycles. The standard InChI is InChI=1S/C21H21ClN8O/c1-4-12-8-17-23-11-15-14(9-21(2,3)18(15)29(17)28-12)20(31)27-13-7-16(22)19(24-10-13)30-25-5-6-26-30/h5-8,10-11,14H,4,9H2,1-3H3,(H,27,31). The van der Waals surface area contributed by atoms with Crippen molar-refractivity contribution in [2.75, 3.05) is 5.32 Å². The molecule has 0 aromatic carbocycles. The fraction of sp³-hybridized carbons (Fsp3) is 0.333. The van der Waals surface area contributed by atoms with E-state index in [1.807, 2.05) is 16.8 Å². The molecule has 31 heavy (non-hydrogen) atoms. The van der Waals surface area contributed by atoms with Crippen molar-refractivity contribution >= 4 is 28.8 Å². The average molecular weight is 437 g/mol. The third kappa shape index (κ3) is 3.25. The zero-order chi connectivity index (χ0) is 21.8. The number of fused-ring (bicyclic) bond motifs is 3. The van der Waals surface area contributed by atoms with E-state index in [-0.39, 0.29) is 17.2 Å². The minimum atomic E-state index is -0.345. The van der Waals surface area contributed by atoms with Crippen molar-refractivity contribution in [1.29, 1.82) is 0 Å². The molecule has 4 aromatic rings. The molecule has 10 heteroatoms. The largest absolute Gasteiger partial charge is 0.324 e. The second-order valence-electron chi connectivity index (χ2n) is 8.30. The van der Waals surface area contributed by atoms with E-state index in [9.17, 15) is 4.79 Å². The van der Waals surface area contributed by atoms with Gasteiger partial charge in [0.1, 0.15) is 0 Å². The molecule has 0 spiro atoms. The van der Waals surface area contributed by atoms with E-state index in [1.54, 1.807) is 24.7 Å². The fourth-order valence-electron chi connectivity index (χ4n) is 4.25. The van der Waals surface area contributed by atoms with Crippen LogP contribution in [0.2, 0.25) is 5.02 Å². The average Bonchev–Trinajstić information content (AvgIpc) is 3.45. The maximum absolute atomic E-state index is 13.2. The Morgan fingerprint density at radius 1 is 1.23 bits per heavy atom. The molecule has 1 amide bonds. The predicted octanol–water partition coefficient (Wildman–Crippen LogP) is 3.32. The van der Waals surface area contributed by atoms with Gasteiger partial charge in [0.05, 0.1) is 46.6 Å². The molecule has 1 aliphatic carbocycles. The highest BCUT2D eigenvalue weighted by Gasteiger charge is 2.43. The molecule has 4 heterocycles. The summed E-state index contributed by atoms with van der Waals surface area (Å²) in [7, 11) is 0. The predicted molar refractivity (Wildman–Crippen MR) is 116 cm³/mol. The number of hydrogen-bond donors (Lipinski definition) is 1. The van der Waals surface area contributed by atoms with Crippen LogP contribution >= 0.6 is 11.6 Å². The molecule has 1 unspecified atom stereocenters. The van der Waals surface area contributed by atoms with E-state index in [2.05, 4.69) is 46.3 Å². The lowest BCUT2D eigenvalue weighted by atomic mass is 9.88. The Kier molecular flexibility index (Phi) is 4.51. The van der Waals surface area contributed by atoms with Crippen molar-refractivity contribution in [3.05, 3.63) is 58.9 Å². The van der Waals surface area contributed by atoms with Crippen LogP contribution in [-0.4, -0.2) is 40.5 Å². The number of anilines is 1. The number of nitrogens with one attached hydrogen (secondary N) is 1. The molecular weight excluding hydrogens is 416 g/mol. The minimum Gasteiger partial charge on any atom is -0.324 e. The number of pyridine rings is 1. The highest BCUT2D eigenvalue weighted by Crippen LogP contribution is 2.46. The Labute approximate surface area is 183 Å². The van der Waals surface area contributed by atoms with Crippen LogP contribution in [-0.2, 0) is 16.6 Å². The Bertz CT molecular complexity index is 1290. The van der Waals surface area contributed by atoms with Gasteiger partial charge in [-0.05, 0) is 18.9 Å². The van der Waals surface area contributed by atoms with Gasteiger partial charge < -0.3 is 5.32 Å². The summed E-state index contributed by atoms with van der Waals surface area (Å²) < 4.78 is 1.89. The molecule has 158 valence electrons. The van der Waals surface area contributed by atoms with Crippen molar-refractivity contribution < 1.29 is 4.79 Å². The van der Waals surface area contributed by atoms with Crippen LogP contribution in [0.5, 0.6) is 0 Å². The van der Waals surface area contributed by atoms with Crippen LogP contribution in [0.25, 0.3) is 11.5 Å². The number of aryl methyl sites for hydroxylation is 1. The SMILES string of the molecule is CCc1cc2ncc3c(n2n1)C(C)(C)CC3C(=O)Nc1cnc(-n2nccn2)c(Cl)c1. The summed E-state index contributed by atoms with van der Waals surface area (Å²) in [6, 6.07) is 3.64. The molecule has 0 saturated carbocycles. The lowest BCUT2D eigenvalue weighted by Gasteiger charge is -2.19. The summed E-state index contributed by atoms with van der Waals surface area (Å²) in [4.78, 5) is 23.4. The molecule has 1 N–H and O–H groups in total. The quantitative estimate of drug-likeness (QED) is 0.526. The normalized spacial score (nSPS) is 17.1. The Morgan fingerprint density at radius 3 is 2.71 bits per heavy atom. The molecule has 1 atom stereocenters. The number of hydrogen-bond acceptors (Lipinski definition) is 6. The van der Waals surface area contributed by atoms with Crippen molar-refractivity contribution in [1.82, 2.24) is 34.6 Å². The van der Waals surface area contributed by atoms with Crippen LogP contribution < -0.4 is 5.32 Å². The fourth-order valence-corrected chi connectivity index (χ4v) is 4.49. The molecule has 0 bridgehead atoms. The topological polar surface area (TPSA) is 103 Å². The molecule has 0 fully saturated rings. The second-order valence-corrected chi connectivity index (χ2v) is 8.71. The van der Waals surface area contributed by atoms with Gasteiger partial charge in [-0.2, -0.15) is 15.3 Å². The molecule has 1 aliphatic rings. The summed E-state index contributed by atoms with van der Waals surface area (Å²) in [5, 5.41) is 16.1. The van der Waals surface area contributed by atoms with Gasteiger partial charge in [-0.1, -0.05) is 32.4 Å².